The molecule has 1 aromatic carbocycles. The first-order chi connectivity index (χ1) is 9.43. The second-order valence-corrected chi connectivity index (χ2v) is 5.17. The Hall–Kier alpha value is -1.97. The standard InChI is InChI=1S/C14H15FN2O3/c1-14(20-7-12(18)19)8-17(9-14)6-11-4-2-3-10(5-16)13(11)15/h2-4H,6-9H2,1H3,(H,18,19). The number of ether oxygens (including phenoxy) is 1. The van der Waals surface area contributed by atoms with Crippen molar-refractivity contribution < 1.29 is 19.0 Å². The summed E-state index contributed by atoms with van der Waals surface area (Å²) in [5.41, 5.74) is -0.000858. The largest absolute Gasteiger partial charge is 0.480 e. The molecule has 106 valence electrons. The summed E-state index contributed by atoms with van der Waals surface area (Å²) in [5, 5.41) is 17.3. The van der Waals surface area contributed by atoms with E-state index in [9.17, 15) is 9.18 Å². The normalized spacial score (nSPS) is 17.2. The topological polar surface area (TPSA) is 73.6 Å². The Labute approximate surface area is 116 Å². The number of carboxylic acid groups (broad SMARTS) is 1. The first kappa shape index (κ1) is 14.4. The summed E-state index contributed by atoms with van der Waals surface area (Å²) in [6.07, 6.45) is 0. The fourth-order valence-corrected chi connectivity index (χ4v) is 2.37. The molecule has 1 aromatic rings. The molecule has 0 radical (unpaired) electrons. The highest BCUT2D eigenvalue weighted by Crippen LogP contribution is 2.27. The molecule has 2 rings (SSSR count). The molecule has 0 amide bonds. The van der Waals surface area contributed by atoms with Gasteiger partial charge in [-0.25, -0.2) is 9.18 Å². The number of rotatable bonds is 5. The van der Waals surface area contributed by atoms with Crippen LogP contribution >= 0.6 is 0 Å². The molecule has 0 atom stereocenters. The Bertz CT molecular complexity index is 562. The molecule has 1 aliphatic heterocycles. The van der Waals surface area contributed by atoms with Crippen LogP contribution in [0.1, 0.15) is 18.1 Å². The summed E-state index contributed by atoms with van der Waals surface area (Å²) >= 11 is 0. The predicted octanol–water partition coefficient (Wildman–Crippen LogP) is 1.37. The highest BCUT2D eigenvalue weighted by atomic mass is 19.1. The van der Waals surface area contributed by atoms with Gasteiger partial charge in [0.2, 0.25) is 0 Å². The zero-order valence-corrected chi connectivity index (χ0v) is 11.1. The van der Waals surface area contributed by atoms with Crippen molar-refractivity contribution in [1.82, 2.24) is 4.90 Å². The minimum absolute atomic E-state index is 0.0351. The van der Waals surface area contributed by atoms with E-state index in [1.54, 1.807) is 12.1 Å². The second-order valence-electron chi connectivity index (χ2n) is 5.17. The first-order valence-corrected chi connectivity index (χ1v) is 6.19. The van der Waals surface area contributed by atoms with Gasteiger partial charge < -0.3 is 9.84 Å². The summed E-state index contributed by atoms with van der Waals surface area (Å²) in [6.45, 7) is 2.96. The van der Waals surface area contributed by atoms with Gasteiger partial charge in [-0.3, -0.25) is 4.90 Å². The third-order valence-corrected chi connectivity index (χ3v) is 3.25. The van der Waals surface area contributed by atoms with Gasteiger partial charge in [-0.05, 0) is 13.0 Å². The quantitative estimate of drug-likeness (QED) is 0.880. The van der Waals surface area contributed by atoms with Gasteiger partial charge in [-0.2, -0.15) is 5.26 Å². The van der Waals surface area contributed by atoms with Crippen LogP contribution in [0.3, 0.4) is 0 Å². The summed E-state index contributed by atoms with van der Waals surface area (Å²) < 4.78 is 19.2. The van der Waals surface area contributed by atoms with Crippen LogP contribution in [0.25, 0.3) is 0 Å². The van der Waals surface area contributed by atoms with E-state index in [0.717, 1.165) is 0 Å². The molecular formula is C14H15FN2O3. The van der Waals surface area contributed by atoms with E-state index in [0.29, 0.717) is 25.2 Å². The molecule has 0 aliphatic carbocycles. The van der Waals surface area contributed by atoms with E-state index in [1.165, 1.54) is 6.07 Å². The maximum atomic E-state index is 13.9. The number of nitriles is 1. The van der Waals surface area contributed by atoms with Crippen LogP contribution in [0.2, 0.25) is 0 Å². The summed E-state index contributed by atoms with van der Waals surface area (Å²) in [7, 11) is 0. The fraction of sp³-hybridized carbons (Fsp3) is 0.429. The molecule has 6 heteroatoms. The molecule has 0 aromatic heterocycles. The lowest BCUT2D eigenvalue weighted by atomic mass is 9.95. The molecule has 0 bridgehead atoms. The minimum atomic E-state index is -1.00. The third-order valence-electron chi connectivity index (χ3n) is 3.25. The van der Waals surface area contributed by atoms with Gasteiger partial charge in [0.1, 0.15) is 18.5 Å². The number of halogens is 1. The maximum Gasteiger partial charge on any atom is 0.329 e. The van der Waals surface area contributed by atoms with Crippen molar-refractivity contribution in [3.63, 3.8) is 0 Å². The number of carbonyl (C=O) groups is 1. The number of nitrogens with zero attached hydrogens (tertiary/aromatic N) is 2. The van der Waals surface area contributed by atoms with Crippen molar-refractivity contribution in [3.8, 4) is 6.07 Å². The van der Waals surface area contributed by atoms with Crippen LogP contribution < -0.4 is 0 Å². The van der Waals surface area contributed by atoms with Crippen LogP contribution in [-0.2, 0) is 16.1 Å². The van der Waals surface area contributed by atoms with Gasteiger partial charge in [0.05, 0.1) is 11.2 Å². The van der Waals surface area contributed by atoms with Gasteiger partial charge in [-0.15, -0.1) is 0 Å². The lowest BCUT2D eigenvalue weighted by Crippen LogP contribution is -2.61. The van der Waals surface area contributed by atoms with E-state index in [1.807, 2.05) is 17.9 Å². The lowest BCUT2D eigenvalue weighted by Gasteiger charge is -2.47. The third kappa shape index (κ3) is 3.13. The summed E-state index contributed by atoms with van der Waals surface area (Å²) in [5.74, 6) is -1.49. The Morgan fingerprint density at radius 2 is 2.30 bits per heavy atom. The molecule has 0 unspecified atom stereocenters. The van der Waals surface area contributed by atoms with Crippen LogP contribution in [0.4, 0.5) is 4.39 Å². The van der Waals surface area contributed by atoms with Crippen molar-refractivity contribution in [3.05, 3.63) is 35.1 Å². The van der Waals surface area contributed by atoms with Gasteiger partial charge in [-0.1, -0.05) is 12.1 Å². The Balaban J connectivity index is 1.92. The molecule has 20 heavy (non-hydrogen) atoms. The summed E-state index contributed by atoms with van der Waals surface area (Å²) in [4.78, 5) is 12.4. The highest BCUT2D eigenvalue weighted by Gasteiger charge is 2.40. The number of aliphatic carboxylic acids is 1. The molecule has 0 spiro atoms. The number of hydrogen-bond acceptors (Lipinski definition) is 4. The average molecular weight is 278 g/mol. The SMILES string of the molecule is CC1(OCC(=O)O)CN(Cc2cccc(C#N)c2F)C1. The smallest absolute Gasteiger partial charge is 0.329 e. The monoisotopic (exact) mass is 278 g/mol. The van der Waals surface area contributed by atoms with Crippen LogP contribution in [0.15, 0.2) is 18.2 Å². The van der Waals surface area contributed by atoms with E-state index in [2.05, 4.69) is 0 Å². The highest BCUT2D eigenvalue weighted by molar-refractivity contribution is 5.68. The lowest BCUT2D eigenvalue weighted by molar-refractivity contribution is -0.165. The molecular weight excluding hydrogens is 263 g/mol. The minimum Gasteiger partial charge on any atom is -0.480 e. The van der Waals surface area contributed by atoms with E-state index < -0.39 is 17.4 Å². The zero-order valence-electron chi connectivity index (χ0n) is 11.1. The molecule has 5 nitrogen and oxygen atoms in total. The molecule has 1 heterocycles. The van der Waals surface area contributed by atoms with Crippen molar-refractivity contribution in [1.29, 1.82) is 5.26 Å². The molecule has 1 fully saturated rings. The van der Waals surface area contributed by atoms with E-state index >= 15 is 0 Å². The second kappa shape index (κ2) is 5.57. The van der Waals surface area contributed by atoms with Gasteiger partial charge in [0.15, 0.2) is 0 Å². The van der Waals surface area contributed by atoms with Crippen LogP contribution in [0, 0.1) is 17.1 Å². The van der Waals surface area contributed by atoms with Crippen LogP contribution in [0.5, 0.6) is 0 Å². The van der Waals surface area contributed by atoms with E-state index in [4.69, 9.17) is 15.1 Å². The summed E-state index contributed by atoms with van der Waals surface area (Å²) in [6, 6.07) is 6.54. The molecule has 1 aliphatic rings. The van der Waals surface area contributed by atoms with Gasteiger partial charge >= 0.3 is 5.97 Å². The number of carboxylic acids is 1. The fourth-order valence-electron chi connectivity index (χ4n) is 2.37. The molecule has 1 N–H and O–H groups in total. The Morgan fingerprint density at radius 3 is 2.90 bits per heavy atom. The van der Waals surface area contributed by atoms with Crippen molar-refractivity contribution in [2.75, 3.05) is 19.7 Å². The number of likely N-dealkylation sites (tertiary alicyclic amines) is 1. The van der Waals surface area contributed by atoms with Crippen LogP contribution in [-0.4, -0.2) is 41.3 Å². The van der Waals surface area contributed by atoms with Gasteiger partial charge in [0.25, 0.3) is 0 Å². The number of benzene rings is 1. The van der Waals surface area contributed by atoms with Crippen molar-refractivity contribution in [2.45, 2.75) is 19.1 Å². The molecule has 1 saturated heterocycles. The van der Waals surface area contributed by atoms with Crippen molar-refractivity contribution in [2.24, 2.45) is 0 Å². The Morgan fingerprint density at radius 1 is 1.60 bits per heavy atom. The van der Waals surface area contributed by atoms with Gasteiger partial charge in [0, 0.05) is 25.2 Å². The Kier molecular flexibility index (Phi) is 4.02. The zero-order chi connectivity index (χ0) is 14.8. The number of hydrogen-bond donors (Lipinski definition) is 1. The maximum absolute atomic E-state index is 13.9. The van der Waals surface area contributed by atoms with Crippen molar-refractivity contribution >= 4 is 5.97 Å². The molecule has 0 saturated carbocycles. The average Bonchev–Trinajstić information content (AvgIpc) is 2.37. The predicted molar refractivity (Wildman–Crippen MR) is 68.4 cm³/mol. The van der Waals surface area contributed by atoms with E-state index in [-0.39, 0.29) is 12.2 Å². The first-order valence-electron chi connectivity index (χ1n) is 6.19.